The van der Waals surface area contributed by atoms with Crippen LogP contribution in [-0.4, -0.2) is 75.7 Å². The molecule has 6 nitrogen and oxygen atoms in total. The maximum atomic E-state index is 11.6. The summed E-state index contributed by atoms with van der Waals surface area (Å²) in [6.45, 7) is 7.57. The van der Waals surface area contributed by atoms with Gasteiger partial charge in [0, 0.05) is 46.2 Å². The van der Waals surface area contributed by atoms with Crippen molar-refractivity contribution in [2.24, 2.45) is 10.9 Å². The molecule has 130 valence electrons. The maximum absolute atomic E-state index is 11.6. The van der Waals surface area contributed by atoms with Gasteiger partial charge in [0.25, 0.3) is 0 Å². The van der Waals surface area contributed by atoms with Gasteiger partial charge in [-0.05, 0) is 18.6 Å². The van der Waals surface area contributed by atoms with Gasteiger partial charge in [0.2, 0.25) is 5.91 Å². The number of hydrogen-bond donors (Lipinski definition) is 2. The average molecular weight is 333 g/mol. The van der Waals surface area contributed by atoms with E-state index in [-0.39, 0.29) is 12.5 Å². The Bertz CT molecular complexity index is 323. The minimum absolute atomic E-state index is 0.00812. The first-order valence-electron chi connectivity index (χ1n) is 7.76. The summed E-state index contributed by atoms with van der Waals surface area (Å²) in [5.41, 5.74) is 0. The first-order chi connectivity index (χ1) is 10.5. The summed E-state index contributed by atoms with van der Waals surface area (Å²) in [6, 6.07) is 0. The van der Waals surface area contributed by atoms with Crippen LogP contribution in [-0.2, 0) is 9.53 Å². The third kappa shape index (κ3) is 12.8. The predicted molar refractivity (Wildman–Crippen MR) is 95.7 cm³/mol. The second kappa shape index (κ2) is 13.7. The van der Waals surface area contributed by atoms with Crippen molar-refractivity contribution >= 4 is 23.6 Å². The Hall–Kier alpha value is -0.950. The van der Waals surface area contributed by atoms with Crippen LogP contribution in [0.1, 0.15) is 20.3 Å². The number of aliphatic imine (C=N–C) groups is 1. The number of rotatable bonds is 11. The number of hydrogen-bond acceptors (Lipinski definition) is 4. The van der Waals surface area contributed by atoms with Crippen LogP contribution in [0.2, 0.25) is 0 Å². The SMILES string of the molecule is CSCCNC(=NCC(=O)N(C)C)NCCCOCC(C)C. The van der Waals surface area contributed by atoms with Crippen LogP contribution < -0.4 is 10.6 Å². The molecule has 0 aromatic carbocycles. The van der Waals surface area contributed by atoms with Crippen molar-refractivity contribution in [1.82, 2.24) is 15.5 Å². The third-order valence-electron chi connectivity index (χ3n) is 2.68. The van der Waals surface area contributed by atoms with Gasteiger partial charge in [0.05, 0.1) is 0 Å². The van der Waals surface area contributed by atoms with Gasteiger partial charge >= 0.3 is 0 Å². The molecule has 7 heteroatoms. The normalized spacial score (nSPS) is 11.6. The van der Waals surface area contributed by atoms with Crippen molar-refractivity contribution in [3.63, 3.8) is 0 Å². The van der Waals surface area contributed by atoms with Gasteiger partial charge in [-0.2, -0.15) is 11.8 Å². The molecule has 0 saturated heterocycles. The summed E-state index contributed by atoms with van der Waals surface area (Å²) in [5, 5.41) is 6.47. The minimum Gasteiger partial charge on any atom is -0.381 e. The van der Waals surface area contributed by atoms with Crippen molar-refractivity contribution in [3.05, 3.63) is 0 Å². The number of nitrogens with zero attached hydrogens (tertiary/aromatic N) is 2. The number of ether oxygens (including phenoxy) is 1. The molecule has 0 aliphatic heterocycles. The smallest absolute Gasteiger partial charge is 0.243 e. The number of likely N-dealkylation sites (N-methyl/N-ethyl adjacent to an activating group) is 1. The molecule has 0 fully saturated rings. The van der Waals surface area contributed by atoms with Gasteiger partial charge in [0.15, 0.2) is 5.96 Å². The number of amides is 1. The highest BCUT2D eigenvalue weighted by Gasteiger charge is 2.04. The summed E-state index contributed by atoms with van der Waals surface area (Å²) in [5.74, 6) is 2.24. The lowest BCUT2D eigenvalue weighted by Crippen LogP contribution is -2.40. The molecule has 22 heavy (non-hydrogen) atoms. The molecule has 0 aliphatic carbocycles. The quantitative estimate of drug-likeness (QED) is 0.336. The van der Waals surface area contributed by atoms with Crippen molar-refractivity contribution in [2.45, 2.75) is 20.3 Å². The Morgan fingerprint density at radius 3 is 2.55 bits per heavy atom. The van der Waals surface area contributed by atoms with E-state index >= 15 is 0 Å². The van der Waals surface area contributed by atoms with Crippen LogP contribution >= 0.6 is 11.8 Å². The van der Waals surface area contributed by atoms with E-state index in [1.165, 1.54) is 0 Å². The Kier molecular flexibility index (Phi) is 13.1. The molecule has 0 aromatic rings. The van der Waals surface area contributed by atoms with Crippen molar-refractivity contribution < 1.29 is 9.53 Å². The van der Waals surface area contributed by atoms with Crippen LogP contribution in [0.4, 0.5) is 0 Å². The lowest BCUT2D eigenvalue weighted by Gasteiger charge is -2.13. The van der Waals surface area contributed by atoms with Crippen molar-refractivity contribution in [2.75, 3.05) is 59.0 Å². The molecule has 0 heterocycles. The first kappa shape index (κ1) is 21.0. The number of thioether (sulfide) groups is 1. The fourth-order valence-electron chi connectivity index (χ4n) is 1.43. The van der Waals surface area contributed by atoms with E-state index in [0.717, 1.165) is 38.5 Å². The van der Waals surface area contributed by atoms with E-state index in [1.807, 2.05) is 0 Å². The lowest BCUT2D eigenvalue weighted by atomic mass is 10.2. The summed E-state index contributed by atoms with van der Waals surface area (Å²) in [4.78, 5) is 17.5. The molecule has 0 unspecified atom stereocenters. The largest absolute Gasteiger partial charge is 0.381 e. The van der Waals surface area contributed by atoms with Crippen LogP contribution in [0, 0.1) is 5.92 Å². The molecule has 0 bridgehead atoms. The molecule has 0 aromatic heterocycles. The van der Waals surface area contributed by atoms with Gasteiger partial charge in [-0.1, -0.05) is 13.8 Å². The molecule has 0 atom stereocenters. The van der Waals surface area contributed by atoms with Gasteiger partial charge in [-0.3, -0.25) is 4.79 Å². The molecular weight excluding hydrogens is 300 g/mol. The molecule has 0 radical (unpaired) electrons. The lowest BCUT2D eigenvalue weighted by molar-refractivity contribution is -0.127. The molecule has 0 saturated carbocycles. The summed E-state index contributed by atoms with van der Waals surface area (Å²) in [6.07, 6.45) is 2.98. The van der Waals surface area contributed by atoms with E-state index in [0.29, 0.717) is 11.9 Å². The van der Waals surface area contributed by atoms with Crippen LogP contribution in [0.3, 0.4) is 0 Å². The Balaban J connectivity index is 4.06. The number of carbonyl (C=O) groups is 1. The Labute approximate surface area is 139 Å². The maximum Gasteiger partial charge on any atom is 0.243 e. The summed E-state index contributed by atoms with van der Waals surface area (Å²) < 4.78 is 5.54. The third-order valence-corrected chi connectivity index (χ3v) is 3.29. The highest BCUT2D eigenvalue weighted by atomic mass is 32.2. The second-order valence-corrected chi connectivity index (χ2v) is 6.61. The Morgan fingerprint density at radius 1 is 1.27 bits per heavy atom. The monoisotopic (exact) mass is 332 g/mol. The van der Waals surface area contributed by atoms with E-state index in [1.54, 1.807) is 30.8 Å². The molecular formula is C15H32N4O2S. The average Bonchev–Trinajstić information content (AvgIpc) is 2.46. The van der Waals surface area contributed by atoms with E-state index in [2.05, 4.69) is 35.7 Å². The van der Waals surface area contributed by atoms with E-state index in [4.69, 9.17) is 4.74 Å². The first-order valence-corrected chi connectivity index (χ1v) is 9.15. The minimum atomic E-state index is -0.00812. The van der Waals surface area contributed by atoms with Crippen LogP contribution in [0.25, 0.3) is 0 Å². The number of carbonyl (C=O) groups excluding carboxylic acids is 1. The number of guanidine groups is 1. The van der Waals surface area contributed by atoms with Gasteiger partial charge in [-0.15, -0.1) is 0 Å². The molecule has 0 spiro atoms. The van der Waals surface area contributed by atoms with Crippen LogP contribution in [0.5, 0.6) is 0 Å². The van der Waals surface area contributed by atoms with Crippen molar-refractivity contribution in [3.8, 4) is 0 Å². The zero-order valence-electron chi connectivity index (χ0n) is 14.6. The van der Waals surface area contributed by atoms with Gasteiger partial charge < -0.3 is 20.3 Å². The molecule has 2 N–H and O–H groups in total. The molecule has 0 rings (SSSR count). The van der Waals surface area contributed by atoms with Crippen molar-refractivity contribution in [1.29, 1.82) is 0 Å². The molecule has 1 amide bonds. The molecule has 0 aliphatic rings. The van der Waals surface area contributed by atoms with Crippen LogP contribution in [0.15, 0.2) is 4.99 Å². The topological polar surface area (TPSA) is 66.0 Å². The van der Waals surface area contributed by atoms with E-state index in [9.17, 15) is 4.79 Å². The fraction of sp³-hybridized carbons (Fsp3) is 0.867. The fourth-order valence-corrected chi connectivity index (χ4v) is 1.74. The zero-order chi connectivity index (χ0) is 16.8. The summed E-state index contributed by atoms with van der Waals surface area (Å²) >= 11 is 1.77. The standard InChI is InChI=1S/C15H32N4O2S/c1-13(2)12-21-9-6-7-16-15(17-8-10-22-5)18-11-14(20)19(3)4/h13H,6-12H2,1-5H3,(H2,16,17,18). The Morgan fingerprint density at radius 2 is 1.95 bits per heavy atom. The summed E-state index contributed by atoms with van der Waals surface area (Å²) in [7, 11) is 3.47. The van der Waals surface area contributed by atoms with Gasteiger partial charge in [-0.25, -0.2) is 4.99 Å². The zero-order valence-corrected chi connectivity index (χ0v) is 15.5. The predicted octanol–water partition coefficient (Wildman–Crippen LogP) is 1.04. The highest BCUT2D eigenvalue weighted by molar-refractivity contribution is 7.98. The highest BCUT2D eigenvalue weighted by Crippen LogP contribution is 1.93. The van der Waals surface area contributed by atoms with Gasteiger partial charge in [0.1, 0.15) is 6.54 Å². The number of nitrogens with one attached hydrogen (secondary N) is 2. The second-order valence-electron chi connectivity index (χ2n) is 5.62. The van der Waals surface area contributed by atoms with E-state index < -0.39 is 0 Å².